The van der Waals surface area contributed by atoms with Crippen LogP contribution in [0.3, 0.4) is 0 Å². The van der Waals surface area contributed by atoms with E-state index in [9.17, 15) is 4.79 Å². The Hall–Kier alpha value is -1.23. The van der Waals surface area contributed by atoms with Gasteiger partial charge in [-0.3, -0.25) is 4.79 Å². The van der Waals surface area contributed by atoms with Gasteiger partial charge >= 0.3 is 0 Å². The summed E-state index contributed by atoms with van der Waals surface area (Å²) in [4.78, 5) is 14.4. The van der Waals surface area contributed by atoms with Crippen molar-refractivity contribution >= 4 is 5.91 Å². The van der Waals surface area contributed by atoms with Gasteiger partial charge in [0.1, 0.15) is 19.5 Å². The van der Waals surface area contributed by atoms with Gasteiger partial charge in [0, 0.05) is 19.1 Å². The number of carbonyl (C=O) groups is 1. The van der Waals surface area contributed by atoms with Gasteiger partial charge in [-0.05, 0) is 38.1 Å². The van der Waals surface area contributed by atoms with E-state index in [1.165, 1.54) is 25.5 Å². The summed E-state index contributed by atoms with van der Waals surface area (Å²) in [6.07, 6.45) is 6.33. The van der Waals surface area contributed by atoms with E-state index in [1.54, 1.807) is 0 Å². The van der Waals surface area contributed by atoms with Crippen molar-refractivity contribution in [2.45, 2.75) is 31.7 Å². The molecular weight excluding hydrogens is 244 g/mol. The highest BCUT2D eigenvalue weighted by Crippen LogP contribution is 2.30. The van der Waals surface area contributed by atoms with E-state index in [1.807, 2.05) is 4.90 Å². The van der Waals surface area contributed by atoms with Crippen LogP contribution in [0, 0.1) is 5.92 Å². The molecule has 0 aromatic carbocycles. The molecule has 1 aliphatic carbocycles. The first-order chi connectivity index (χ1) is 9.33. The highest BCUT2D eigenvalue weighted by atomic mass is 16.6. The van der Waals surface area contributed by atoms with E-state index in [0.29, 0.717) is 30.9 Å². The Morgan fingerprint density at radius 2 is 2.21 bits per heavy atom. The van der Waals surface area contributed by atoms with E-state index in [0.717, 1.165) is 26.1 Å². The standard InChI is InChI=1S/C14H22N2O3/c17-14(13-10-18-6-7-19-13)16(8-11-3-4-11)9-12-2-1-5-15-12/h10-12,15H,1-9H2. The molecule has 3 aliphatic rings. The maximum atomic E-state index is 12.5. The molecule has 5 heteroatoms. The fourth-order valence-electron chi connectivity index (χ4n) is 2.67. The molecule has 1 saturated heterocycles. The van der Waals surface area contributed by atoms with Crippen molar-refractivity contribution in [3.63, 3.8) is 0 Å². The number of hydrogen-bond donors (Lipinski definition) is 1. The molecule has 2 fully saturated rings. The summed E-state index contributed by atoms with van der Waals surface area (Å²) in [5.74, 6) is 1.04. The van der Waals surface area contributed by atoms with Crippen molar-refractivity contribution in [2.24, 2.45) is 5.92 Å². The molecule has 2 heterocycles. The zero-order chi connectivity index (χ0) is 13.1. The van der Waals surface area contributed by atoms with Gasteiger partial charge in [-0.1, -0.05) is 0 Å². The number of carbonyl (C=O) groups excluding carboxylic acids is 1. The quantitative estimate of drug-likeness (QED) is 0.802. The molecule has 0 radical (unpaired) electrons. The maximum absolute atomic E-state index is 12.5. The molecule has 0 bridgehead atoms. The van der Waals surface area contributed by atoms with Gasteiger partial charge in [-0.25, -0.2) is 0 Å². The predicted molar refractivity (Wildman–Crippen MR) is 70.3 cm³/mol. The molecule has 1 unspecified atom stereocenters. The van der Waals surface area contributed by atoms with Gasteiger partial charge in [0.05, 0.1) is 0 Å². The molecular formula is C14H22N2O3. The zero-order valence-corrected chi connectivity index (χ0v) is 11.3. The molecule has 1 atom stereocenters. The molecule has 106 valence electrons. The maximum Gasteiger partial charge on any atom is 0.292 e. The topological polar surface area (TPSA) is 50.8 Å². The summed E-state index contributed by atoms with van der Waals surface area (Å²) in [6.45, 7) is 3.71. The Balaban J connectivity index is 1.62. The molecule has 1 saturated carbocycles. The van der Waals surface area contributed by atoms with Crippen LogP contribution < -0.4 is 5.32 Å². The predicted octanol–water partition coefficient (Wildman–Crippen LogP) is 0.865. The smallest absolute Gasteiger partial charge is 0.292 e. The molecule has 5 nitrogen and oxygen atoms in total. The third-order valence-electron chi connectivity index (χ3n) is 3.93. The first-order valence-electron chi connectivity index (χ1n) is 7.30. The van der Waals surface area contributed by atoms with Crippen LogP contribution in [0.25, 0.3) is 0 Å². The minimum Gasteiger partial charge on any atom is -0.494 e. The molecule has 1 N–H and O–H groups in total. The largest absolute Gasteiger partial charge is 0.494 e. The van der Waals surface area contributed by atoms with Gasteiger partial charge in [-0.15, -0.1) is 0 Å². The number of amides is 1. The molecule has 1 amide bonds. The second-order valence-corrected chi connectivity index (χ2v) is 5.65. The molecule has 0 spiro atoms. The summed E-state index contributed by atoms with van der Waals surface area (Å²) in [5, 5.41) is 3.45. The number of ether oxygens (including phenoxy) is 2. The lowest BCUT2D eigenvalue weighted by Crippen LogP contribution is -2.43. The molecule has 0 aromatic heterocycles. The summed E-state index contributed by atoms with van der Waals surface area (Å²) in [6, 6.07) is 0.438. The van der Waals surface area contributed by atoms with Crippen LogP contribution in [-0.4, -0.2) is 49.7 Å². The van der Waals surface area contributed by atoms with Crippen molar-refractivity contribution in [2.75, 3.05) is 32.8 Å². The van der Waals surface area contributed by atoms with Crippen molar-refractivity contribution in [3.05, 3.63) is 12.0 Å². The van der Waals surface area contributed by atoms with Crippen LogP contribution in [0.15, 0.2) is 12.0 Å². The summed E-state index contributed by atoms with van der Waals surface area (Å²) in [7, 11) is 0. The Morgan fingerprint density at radius 3 is 2.84 bits per heavy atom. The Bertz CT molecular complexity index is 360. The summed E-state index contributed by atoms with van der Waals surface area (Å²) in [5.41, 5.74) is 0. The number of rotatable bonds is 5. The molecule has 0 aromatic rings. The lowest BCUT2D eigenvalue weighted by molar-refractivity contribution is -0.132. The third-order valence-corrected chi connectivity index (χ3v) is 3.93. The minimum absolute atomic E-state index is 0.0136. The van der Waals surface area contributed by atoms with E-state index in [4.69, 9.17) is 9.47 Å². The van der Waals surface area contributed by atoms with Crippen molar-refractivity contribution in [1.29, 1.82) is 0 Å². The van der Waals surface area contributed by atoms with E-state index < -0.39 is 0 Å². The number of nitrogens with zero attached hydrogens (tertiary/aromatic N) is 1. The van der Waals surface area contributed by atoms with Crippen LogP contribution in [0.5, 0.6) is 0 Å². The average Bonchev–Trinajstić information content (AvgIpc) is 3.12. The Morgan fingerprint density at radius 1 is 1.32 bits per heavy atom. The van der Waals surface area contributed by atoms with Crippen LogP contribution in [0.1, 0.15) is 25.7 Å². The lowest BCUT2D eigenvalue weighted by Gasteiger charge is -2.27. The van der Waals surface area contributed by atoms with E-state index in [-0.39, 0.29) is 5.91 Å². The second-order valence-electron chi connectivity index (χ2n) is 5.65. The van der Waals surface area contributed by atoms with Crippen molar-refractivity contribution in [3.8, 4) is 0 Å². The Kier molecular flexibility index (Phi) is 3.92. The molecule has 19 heavy (non-hydrogen) atoms. The second kappa shape index (κ2) is 5.82. The highest BCUT2D eigenvalue weighted by Gasteiger charge is 2.31. The lowest BCUT2D eigenvalue weighted by atomic mass is 10.2. The SMILES string of the molecule is O=C(C1=COCCO1)N(CC1CC1)CC1CCCN1. The highest BCUT2D eigenvalue weighted by molar-refractivity contribution is 5.91. The van der Waals surface area contributed by atoms with Crippen LogP contribution in [0.4, 0.5) is 0 Å². The zero-order valence-electron chi connectivity index (χ0n) is 11.3. The molecule has 2 aliphatic heterocycles. The summed E-state index contributed by atoms with van der Waals surface area (Å²) >= 11 is 0. The first-order valence-corrected chi connectivity index (χ1v) is 7.30. The normalized spacial score (nSPS) is 26.3. The van der Waals surface area contributed by atoms with E-state index in [2.05, 4.69) is 5.32 Å². The van der Waals surface area contributed by atoms with Crippen LogP contribution in [0.2, 0.25) is 0 Å². The Labute approximate surface area is 113 Å². The molecule has 3 rings (SSSR count). The fraction of sp³-hybridized carbons (Fsp3) is 0.786. The average molecular weight is 266 g/mol. The van der Waals surface area contributed by atoms with E-state index >= 15 is 0 Å². The first kappa shape index (κ1) is 12.8. The van der Waals surface area contributed by atoms with Crippen molar-refractivity contribution in [1.82, 2.24) is 10.2 Å². The van der Waals surface area contributed by atoms with Crippen molar-refractivity contribution < 1.29 is 14.3 Å². The van der Waals surface area contributed by atoms with Gasteiger partial charge in [0.15, 0.2) is 0 Å². The van der Waals surface area contributed by atoms with Gasteiger partial charge in [0.25, 0.3) is 5.91 Å². The fourth-order valence-corrected chi connectivity index (χ4v) is 2.67. The number of hydrogen-bond acceptors (Lipinski definition) is 4. The van der Waals surface area contributed by atoms with Crippen LogP contribution in [-0.2, 0) is 14.3 Å². The van der Waals surface area contributed by atoms with Gasteiger partial charge < -0.3 is 19.7 Å². The number of nitrogens with one attached hydrogen (secondary N) is 1. The van der Waals surface area contributed by atoms with Gasteiger partial charge in [-0.2, -0.15) is 0 Å². The van der Waals surface area contributed by atoms with Crippen LogP contribution >= 0.6 is 0 Å². The monoisotopic (exact) mass is 266 g/mol. The third kappa shape index (κ3) is 3.41. The van der Waals surface area contributed by atoms with Gasteiger partial charge in [0.2, 0.25) is 5.76 Å². The minimum atomic E-state index is -0.0136. The summed E-state index contributed by atoms with van der Waals surface area (Å²) < 4.78 is 10.6.